The van der Waals surface area contributed by atoms with Gasteiger partial charge in [-0.2, -0.15) is 0 Å². The van der Waals surface area contributed by atoms with E-state index in [2.05, 4.69) is 4.98 Å². The van der Waals surface area contributed by atoms with Gasteiger partial charge < -0.3 is 15.1 Å². The Hall–Kier alpha value is -2.96. The number of hydrogen-bond acceptors (Lipinski definition) is 4. The van der Waals surface area contributed by atoms with Crippen molar-refractivity contribution in [1.82, 2.24) is 9.88 Å². The van der Waals surface area contributed by atoms with Crippen molar-refractivity contribution in [3.63, 3.8) is 0 Å². The highest BCUT2D eigenvalue weighted by Gasteiger charge is 2.30. The fourth-order valence-corrected chi connectivity index (χ4v) is 3.34. The topological polar surface area (TPSA) is 72.4 Å². The first-order valence-corrected chi connectivity index (χ1v) is 9.32. The van der Waals surface area contributed by atoms with Crippen molar-refractivity contribution in [2.75, 3.05) is 13.1 Å². The van der Waals surface area contributed by atoms with E-state index in [1.807, 2.05) is 6.92 Å². The van der Waals surface area contributed by atoms with Crippen LogP contribution in [-0.4, -0.2) is 28.9 Å². The Bertz CT molecular complexity index is 887. The number of carbonyl (C=O) groups excluding carboxylic acids is 1. The molecule has 0 saturated carbocycles. The number of benzene rings is 1. The highest BCUT2D eigenvalue weighted by atomic mass is 19.1. The number of nitrogens with two attached hydrogens (primary N) is 1. The molecule has 1 amide bonds. The molecule has 5 nitrogen and oxygen atoms in total. The van der Waals surface area contributed by atoms with Crippen molar-refractivity contribution in [3.8, 4) is 11.3 Å². The minimum absolute atomic E-state index is 0.00921. The Morgan fingerprint density at radius 3 is 2.82 bits per heavy atom. The van der Waals surface area contributed by atoms with Gasteiger partial charge in [-0.15, -0.1) is 0 Å². The molecule has 2 N–H and O–H groups in total. The Morgan fingerprint density at radius 1 is 1.39 bits per heavy atom. The van der Waals surface area contributed by atoms with Crippen molar-refractivity contribution >= 4 is 5.91 Å². The summed E-state index contributed by atoms with van der Waals surface area (Å²) in [4.78, 5) is 18.9. The summed E-state index contributed by atoms with van der Waals surface area (Å²) in [7, 11) is 0. The summed E-state index contributed by atoms with van der Waals surface area (Å²) < 4.78 is 32.7. The molecule has 0 aliphatic carbocycles. The molecule has 1 aliphatic heterocycles. The Balaban J connectivity index is 1.75. The van der Waals surface area contributed by atoms with Crippen LogP contribution in [0.1, 0.15) is 38.0 Å². The van der Waals surface area contributed by atoms with Gasteiger partial charge in [0.05, 0.1) is 11.5 Å². The van der Waals surface area contributed by atoms with E-state index in [0.29, 0.717) is 31.1 Å². The zero-order valence-electron chi connectivity index (χ0n) is 15.7. The molecule has 0 unspecified atom stereocenters. The van der Waals surface area contributed by atoms with E-state index < -0.39 is 5.83 Å². The van der Waals surface area contributed by atoms with Gasteiger partial charge in [0.1, 0.15) is 17.8 Å². The van der Waals surface area contributed by atoms with Gasteiger partial charge in [0.15, 0.2) is 11.7 Å². The first-order valence-electron chi connectivity index (χ1n) is 9.32. The van der Waals surface area contributed by atoms with Gasteiger partial charge >= 0.3 is 0 Å². The third kappa shape index (κ3) is 4.30. The van der Waals surface area contributed by atoms with Crippen LogP contribution in [0.25, 0.3) is 11.3 Å². The summed E-state index contributed by atoms with van der Waals surface area (Å²) in [5, 5.41) is 0. The van der Waals surface area contributed by atoms with Crippen LogP contribution >= 0.6 is 0 Å². The van der Waals surface area contributed by atoms with Gasteiger partial charge in [0.2, 0.25) is 0 Å². The predicted molar refractivity (Wildman–Crippen MR) is 102 cm³/mol. The second kappa shape index (κ2) is 8.82. The summed E-state index contributed by atoms with van der Waals surface area (Å²) in [6.45, 7) is 2.76. The lowest BCUT2D eigenvalue weighted by molar-refractivity contribution is -0.128. The maximum Gasteiger partial charge on any atom is 0.256 e. The Labute approximate surface area is 162 Å². The molecular formula is C21H23F2N3O2. The number of piperidine rings is 1. The van der Waals surface area contributed by atoms with Gasteiger partial charge in [0, 0.05) is 24.9 Å². The standard InChI is InChI=1S/C21H23F2N3O2/c1-2-4-17(18(23)11-24)21(27)26-10-3-5-15(12-26)20-25-19(13-28-20)14-6-8-16(22)9-7-14/h4,6-9,11,13,15H,2-3,5,10,12,24H2,1H3/b17-4+,18-11+/t15-/m0/s1. The van der Waals surface area contributed by atoms with Crippen LogP contribution in [0.4, 0.5) is 8.78 Å². The minimum atomic E-state index is -0.719. The number of aromatic nitrogens is 1. The first-order chi connectivity index (χ1) is 13.5. The number of amides is 1. The van der Waals surface area contributed by atoms with Crippen molar-refractivity contribution in [3.05, 3.63) is 65.9 Å². The molecular weight excluding hydrogens is 364 g/mol. The third-order valence-corrected chi connectivity index (χ3v) is 4.76. The molecule has 1 aliphatic rings. The third-order valence-electron chi connectivity index (χ3n) is 4.76. The zero-order valence-corrected chi connectivity index (χ0v) is 15.7. The zero-order chi connectivity index (χ0) is 20.1. The highest BCUT2D eigenvalue weighted by Crippen LogP contribution is 2.30. The van der Waals surface area contributed by atoms with Gasteiger partial charge in [-0.1, -0.05) is 13.0 Å². The molecule has 148 valence electrons. The molecule has 2 aromatic rings. The van der Waals surface area contributed by atoms with E-state index in [1.165, 1.54) is 18.4 Å². The molecule has 28 heavy (non-hydrogen) atoms. The lowest BCUT2D eigenvalue weighted by Crippen LogP contribution is -2.40. The van der Waals surface area contributed by atoms with E-state index in [1.54, 1.807) is 23.1 Å². The van der Waals surface area contributed by atoms with E-state index in [-0.39, 0.29) is 23.2 Å². The smallest absolute Gasteiger partial charge is 0.256 e. The summed E-state index contributed by atoms with van der Waals surface area (Å²) in [6, 6.07) is 6.01. The second-order valence-corrected chi connectivity index (χ2v) is 6.71. The molecule has 1 aromatic heterocycles. The molecule has 1 fully saturated rings. The van der Waals surface area contributed by atoms with Crippen molar-refractivity contribution in [2.45, 2.75) is 32.1 Å². The highest BCUT2D eigenvalue weighted by molar-refractivity contribution is 5.97. The molecule has 0 radical (unpaired) electrons. The number of halogens is 2. The molecule has 1 saturated heterocycles. The van der Waals surface area contributed by atoms with Crippen LogP contribution in [0.2, 0.25) is 0 Å². The average molecular weight is 387 g/mol. The van der Waals surface area contributed by atoms with Crippen LogP contribution in [-0.2, 0) is 4.79 Å². The van der Waals surface area contributed by atoms with Crippen LogP contribution in [0.15, 0.2) is 58.6 Å². The van der Waals surface area contributed by atoms with E-state index >= 15 is 0 Å². The molecule has 0 bridgehead atoms. The number of carbonyl (C=O) groups is 1. The maximum atomic E-state index is 14.0. The lowest BCUT2D eigenvalue weighted by atomic mass is 9.97. The van der Waals surface area contributed by atoms with E-state index in [4.69, 9.17) is 10.2 Å². The van der Waals surface area contributed by atoms with Crippen molar-refractivity contribution in [1.29, 1.82) is 0 Å². The first kappa shape index (κ1) is 19.8. The van der Waals surface area contributed by atoms with E-state index in [0.717, 1.165) is 24.6 Å². The minimum Gasteiger partial charge on any atom is -0.448 e. The van der Waals surface area contributed by atoms with Crippen LogP contribution in [0, 0.1) is 5.82 Å². The molecule has 1 atom stereocenters. The van der Waals surface area contributed by atoms with E-state index in [9.17, 15) is 13.6 Å². The van der Waals surface area contributed by atoms with Crippen molar-refractivity contribution < 1.29 is 18.0 Å². The lowest BCUT2D eigenvalue weighted by Gasteiger charge is -2.31. The SMILES string of the molecule is CC/C=C(C(=O)N1CCC[C@H](c2nc(-c3ccc(F)cc3)co2)C1)\C(F)=C/N. The fourth-order valence-electron chi connectivity index (χ4n) is 3.34. The Morgan fingerprint density at radius 2 is 2.14 bits per heavy atom. The van der Waals surface area contributed by atoms with Gasteiger partial charge in [-0.3, -0.25) is 4.79 Å². The summed E-state index contributed by atoms with van der Waals surface area (Å²) in [5.74, 6) is -0.976. The molecule has 0 spiro atoms. The van der Waals surface area contributed by atoms with Gasteiger partial charge in [-0.25, -0.2) is 13.8 Å². The van der Waals surface area contributed by atoms with Gasteiger partial charge in [-0.05, 0) is 43.5 Å². The van der Waals surface area contributed by atoms with Crippen molar-refractivity contribution in [2.24, 2.45) is 5.73 Å². The quantitative estimate of drug-likeness (QED) is 0.614. The second-order valence-electron chi connectivity index (χ2n) is 6.71. The maximum absolute atomic E-state index is 14.0. The largest absolute Gasteiger partial charge is 0.448 e. The summed E-state index contributed by atoms with van der Waals surface area (Å²) in [6.07, 6.45) is 5.99. The van der Waals surface area contributed by atoms with Crippen LogP contribution in [0.3, 0.4) is 0 Å². The molecule has 7 heteroatoms. The van der Waals surface area contributed by atoms with Gasteiger partial charge in [0.25, 0.3) is 5.91 Å². The Kier molecular flexibility index (Phi) is 6.23. The predicted octanol–water partition coefficient (Wildman–Crippen LogP) is 4.29. The number of likely N-dealkylation sites (tertiary alicyclic amines) is 1. The number of allylic oxidation sites excluding steroid dienone is 1. The normalized spacial score (nSPS) is 18.4. The number of hydrogen-bond donors (Lipinski definition) is 1. The number of rotatable bonds is 5. The monoisotopic (exact) mass is 387 g/mol. The number of oxazole rings is 1. The number of nitrogens with zero attached hydrogens (tertiary/aromatic N) is 2. The molecule has 3 rings (SSSR count). The van der Waals surface area contributed by atoms with Crippen LogP contribution < -0.4 is 5.73 Å². The van der Waals surface area contributed by atoms with Crippen LogP contribution in [0.5, 0.6) is 0 Å². The average Bonchev–Trinajstić information content (AvgIpc) is 3.22. The summed E-state index contributed by atoms with van der Waals surface area (Å²) >= 11 is 0. The fraction of sp³-hybridized carbons (Fsp3) is 0.333. The molecule has 2 heterocycles. The molecule has 1 aromatic carbocycles. The summed E-state index contributed by atoms with van der Waals surface area (Å²) in [5.41, 5.74) is 6.62.